The molecule has 0 N–H and O–H groups in total. The van der Waals surface area contributed by atoms with E-state index in [1.165, 1.54) is 12.3 Å². The van der Waals surface area contributed by atoms with Crippen molar-refractivity contribution in [2.75, 3.05) is 0 Å². The third kappa shape index (κ3) is 2.40. The maximum absolute atomic E-state index is 13.3. The summed E-state index contributed by atoms with van der Waals surface area (Å²) < 4.78 is 27.7. The lowest BCUT2D eigenvalue weighted by Gasteiger charge is -2.10. The van der Waals surface area contributed by atoms with Gasteiger partial charge in [0, 0.05) is 11.8 Å². The molecule has 0 spiro atoms. The van der Waals surface area contributed by atoms with E-state index in [0.29, 0.717) is 5.56 Å². The second-order valence-electron chi connectivity index (χ2n) is 4.42. The van der Waals surface area contributed by atoms with Gasteiger partial charge in [-0.2, -0.15) is 0 Å². The lowest BCUT2D eigenvalue weighted by atomic mass is 10.1. The van der Waals surface area contributed by atoms with Crippen LogP contribution in [-0.2, 0) is 0 Å². The highest BCUT2D eigenvalue weighted by Gasteiger charge is 2.22. The maximum Gasteiger partial charge on any atom is 0.271 e. The predicted octanol–water partition coefficient (Wildman–Crippen LogP) is 3.95. The van der Waals surface area contributed by atoms with Crippen molar-refractivity contribution in [1.29, 1.82) is 0 Å². The zero-order valence-electron chi connectivity index (χ0n) is 10.6. The molecule has 1 aromatic carbocycles. The summed E-state index contributed by atoms with van der Waals surface area (Å²) in [6.45, 7) is 0. The van der Waals surface area contributed by atoms with Crippen molar-refractivity contribution >= 4 is 17.2 Å². The zero-order chi connectivity index (χ0) is 15.0. The molecule has 0 radical (unpaired) electrons. The number of aromatic nitrogens is 2. The Morgan fingerprint density at radius 2 is 1.81 bits per heavy atom. The summed E-state index contributed by atoms with van der Waals surface area (Å²) >= 11 is 5.80. The largest absolute Gasteiger partial charge is 0.271 e. The quantitative estimate of drug-likeness (QED) is 0.718. The van der Waals surface area contributed by atoms with Crippen molar-refractivity contribution in [1.82, 2.24) is 9.38 Å². The van der Waals surface area contributed by atoms with Gasteiger partial charge in [-0.3, -0.25) is 9.20 Å². The standard InChI is InChI=1S/C15H9ClF2N2O/c16-10-6-7-11-19-13(9-4-2-1-3-5-9)12(14(17)18)15(21)20(11)8-10/h1-8,14H. The van der Waals surface area contributed by atoms with Crippen LogP contribution in [0.5, 0.6) is 0 Å². The van der Waals surface area contributed by atoms with E-state index in [0.717, 1.165) is 4.40 Å². The number of alkyl halides is 2. The van der Waals surface area contributed by atoms with Crippen molar-refractivity contribution in [3.8, 4) is 11.3 Å². The first-order valence-electron chi connectivity index (χ1n) is 6.13. The normalized spacial score (nSPS) is 11.2. The molecule has 2 heterocycles. The molecule has 0 saturated heterocycles. The van der Waals surface area contributed by atoms with Crippen LogP contribution in [0, 0.1) is 0 Å². The molecule has 0 unspecified atom stereocenters. The van der Waals surface area contributed by atoms with Gasteiger partial charge in [0.2, 0.25) is 0 Å². The fourth-order valence-electron chi connectivity index (χ4n) is 2.14. The van der Waals surface area contributed by atoms with Crippen LogP contribution in [0.3, 0.4) is 0 Å². The van der Waals surface area contributed by atoms with Gasteiger partial charge in [-0.15, -0.1) is 0 Å². The minimum atomic E-state index is -2.92. The summed E-state index contributed by atoms with van der Waals surface area (Å²) in [5.74, 6) is 0. The molecule has 0 aliphatic carbocycles. The van der Waals surface area contributed by atoms with Crippen molar-refractivity contribution in [2.24, 2.45) is 0 Å². The molecule has 3 aromatic rings. The number of hydrogen-bond donors (Lipinski definition) is 0. The van der Waals surface area contributed by atoms with E-state index in [9.17, 15) is 13.6 Å². The van der Waals surface area contributed by atoms with E-state index < -0.39 is 17.5 Å². The van der Waals surface area contributed by atoms with Gasteiger partial charge in [0.15, 0.2) is 0 Å². The maximum atomic E-state index is 13.3. The predicted molar refractivity (Wildman–Crippen MR) is 76.9 cm³/mol. The molecule has 21 heavy (non-hydrogen) atoms. The molecule has 0 bridgehead atoms. The summed E-state index contributed by atoms with van der Waals surface area (Å²) in [6, 6.07) is 11.5. The SMILES string of the molecule is O=c1c(C(F)F)c(-c2ccccc2)nc2ccc(Cl)cn12. The van der Waals surface area contributed by atoms with Crippen LogP contribution >= 0.6 is 11.6 Å². The molecule has 2 aromatic heterocycles. The van der Waals surface area contributed by atoms with E-state index >= 15 is 0 Å². The first-order valence-corrected chi connectivity index (χ1v) is 6.51. The molecule has 3 nitrogen and oxygen atoms in total. The number of hydrogen-bond acceptors (Lipinski definition) is 2. The molecular weight excluding hydrogens is 298 g/mol. The second kappa shape index (κ2) is 5.26. The van der Waals surface area contributed by atoms with Gasteiger partial charge >= 0.3 is 0 Å². The number of pyridine rings is 1. The monoisotopic (exact) mass is 306 g/mol. The Hall–Kier alpha value is -2.27. The molecule has 0 saturated carbocycles. The first kappa shape index (κ1) is 13.7. The number of fused-ring (bicyclic) bond motifs is 1. The van der Waals surface area contributed by atoms with Crippen LogP contribution < -0.4 is 5.56 Å². The van der Waals surface area contributed by atoms with Crippen molar-refractivity contribution < 1.29 is 8.78 Å². The van der Waals surface area contributed by atoms with Crippen LogP contribution in [0.15, 0.2) is 53.5 Å². The summed E-state index contributed by atoms with van der Waals surface area (Å²) in [5, 5.41) is 0.277. The third-order valence-electron chi connectivity index (χ3n) is 3.09. The summed E-state index contributed by atoms with van der Waals surface area (Å²) in [5.41, 5.74) is -0.690. The minimum absolute atomic E-state index is 0.00192. The van der Waals surface area contributed by atoms with Crippen LogP contribution in [-0.4, -0.2) is 9.38 Å². The van der Waals surface area contributed by atoms with Crippen LogP contribution in [0.2, 0.25) is 5.02 Å². The highest BCUT2D eigenvalue weighted by Crippen LogP contribution is 2.27. The molecule has 106 valence electrons. The molecule has 6 heteroatoms. The van der Waals surface area contributed by atoms with E-state index in [1.54, 1.807) is 36.4 Å². The van der Waals surface area contributed by atoms with Crippen LogP contribution in [0.4, 0.5) is 8.78 Å². The van der Waals surface area contributed by atoms with Crippen LogP contribution in [0.25, 0.3) is 16.9 Å². The lowest BCUT2D eigenvalue weighted by molar-refractivity contribution is 0.149. The van der Waals surface area contributed by atoms with Crippen molar-refractivity contribution in [3.05, 3.63) is 69.6 Å². The zero-order valence-corrected chi connectivity index (χ0v) is 11.4. The van der Waals surface area contributed by atoms with Gasteiger partial charge in [0.25, 0.3) is 12.0 Å². The Kier molecular flexibility index (Phi) is 3.43. The Morgan fingerprint density at radius 3 is 2.48 bits per heavy atom. The molecule has 0 amide bonds. The topological polar surface area (TPSA) is 34.4 Å². The van der Waals surface area contributed by atoms with E-state index in [2.05, 4.69) is 4.98 Å². The van der Waals surface area contributed by atoms with Crippen LogP contribution in [0.1, 0.15) is 12.0 Å². The van der Waals surface area contributed by atoms with Gasteiger partial charge in [-0.1, -0.05) is 41.9 Å². The highest BCUT2D eigenvalue weighted by atomic mass is 35.5. The van der Waals surface area contributed by atoms with Gasteiger partial charge in [-0.25, -0.2) is 13.8 Å². The van der Waals surface area contributed by atoms with Gasteiger partial charge in [0.1, 0.15) is 11.2 Å². The first-order chi connectivity index (χ1) is 10.1. The smallest absolute Gasteiger partial charge is 0.268 e. The molecular formula is C15H9ClF2N2O. The fourth-order valence-corrected chi connectivity index (χ4v) is 2.30. The molecule has 0 aliphatic rings. The van der Waals surface area contributed by atoms with Gasteiger partial charge in [0.05, 0.1) is 10.7 Å². The molecule has 0 aliphatic heterocycles. The Morgan fingerprint density at radius 1 is 1.10 bits per heavy atom. The lowest BCUT2D eigenvalue weighted by Crippen LogP contribution is -2.21. The second-order valence-corrected chi connectivity index (χ2v) is 4.86. The molecule has 3 rings (SSSR count). The average Bonchev–Trinajstić information content (AvgIpc) is 2.48. The molecule has 0 fully saturated rings. The number of rotatable bonds is 2. The van der Waals surface area contributed by atoms with E-state index in [-0.39, 0.29) is 16.4 Å². The minimum Gasteiger partial charge on any atom is -0.268 e. The summed E-state index contributed by atoms with van der Waals surface area (Å²) in [6.07, 6.45) is -1.64. The summed E-state index contributed by atoms with van der Waals surface area (Å²) in [4.78, 5) is 16.5. The fraction of sp³-hybridized carbons (Fsp3) is 0.0667. The van der Waals surface area contributed by atoms with Gasteiger partial charge < -0.3 is 0 Å². The Labute approximate surface area is 123 Å². The number of nitrogens with zero attached hydrogens (tertiary/aromatic N) is 2. The number of benzene rings is 1. The average molecular weight is 307 g/mol. The number of halogens is 3. The third-order valence-corrected chi connectivity index (χ3v) is 3.31. The Balaban J connectivity index is 2.42. The molecule has 0 atom stereocenters. The summed E-state index contributed by atoms with van der Waals surface area (Å²) in [7, 11) is 0. The van der Waals surface area contributed by atoms with Crippen molar-refractivity contribution in [2.45, 2.75) is 6.43 Å². The van der Waals surface area contributed by atoms with E-state index in [1.807, 2.05) is 0 Å². The Bertz CT molecular complexity index is 863. The van der Waals surface area contributed by atoms with E-state index in [4.69, 9.17) is 11.6 Å². The van der Waals surface area contributed by atoms with Gasteiger partial charge in [-0.05, 0) is 12.1 Å². The van der Waals surface area contributed by atoms with Crippen molar-refractivity contribution in [3.63, 3.8) is 0 Å². The highest BCUT2D eigenvalue weighted by molar-refractivity contribution is 6.30.